The molecule has 0 aliphatic heterocycles. The van der Waals surface area contributed by atoms with Crippen molar-refractivity contribution in [3.63, 3.8) is 0 Å². The fourth-order valence-corrected chi connectivity index (χ4v) is 0.903. The molecule has 0 N–H and O–H groups in total. The van der Waals surface area contributed by atoms with E-state index in [0.29, 0.717) is 6.54 Å². The summed E-state index contributed by atoms with van der Waals surface area (Å²) in [5, 5.41) is 1.32. The third-order valence-corrected chi connectivity index (χ3v) is 1.62. The molecule has 0 bridgehead atoms. The molecule has 0 spiro atoms. The first kappa shape index (κ1) is 12.7. The van der Waals surface area contributed by atoms with Crippen LogP contribution in [0, 0.1) is 12.3 Å². The molecular formula is C11H17NO2. The zero-order valence-corrected chi connectivity index (χ0v) is 8.66. The van der Waals surface area contributed by atoms with E-state index in [9.17, 15) is 4.79 Å². The third kappa shape index (κ3) is 5.39. The summed E-state index contributed by atoms with van der Waals surface area (Å²) in [4.78, 5) is 16.5. The van der Waals surface area contributed by atoms with Crippen LogP contribution < -0.4 is 0 Å². The molecule has 0 unspecified atom stereocenters. The number of hydroxylamine groups is 2. The van der Waals surface area contributed by atoms with Gasteiger partial charge in [-0.15, -0.1) is 13.0 Å². The summed E-state index contributed by atoms with van der Waals surface area (Å²) >= 11 is 0. The van der Waals surface area contributed by atoms with Crippen molar-refractivity contribution < 1.29 is 9.63 Å². The van der Waals surface area contributed by atoms with Crippen LogP contribution in [0.3, 0.4) is 0 Å². The van der Waals surface area contributed by atoms with Crippen molar-refractivity contribution in [3.8, 4) is 12.3 Å². The molecule has 0 aromatic carbocycles. The lowest BCUT2D eigenvalue weighted by atomic mass is 10.3. The van der Waals surface area contributed by atoms with Crippen molar-refractivity contribution in [2.75, 3.05) is 13.2 Å². The highest BCUT2D eigenvalue weighted by Crippen LogP contribution is 2.00. The Labute approximate surface area is 85.7 Å². The van der Waals surface area contributed by atoms with E-state index in [0.717, 1.165) is 12.8 Å². The monoisotopic (exact) mass is 195 g/mol. The van der Waals surface area contributed by atoms with Gasteiger partial charge in [-0.25, -0.2) is 5.06 Å². The maximum absolute atomic E-state index is 11.4. The molecule has 0 aliphatic rings. The van der Waals surface area contributed by atoms with Gasteiger partial charge in [0.2, 0.25) is 5.91 Å². The number of unbranched alkanes of at least 4 members (excludes halogenated alkanes) is 1. The van der Waals surface area contributed by atoms with Gasteiger partial charge in [-0.2, -0.15) is 0 Å². The van der Waals surface area contributed by atoms with E-state index in [1.165, 1.54) is 5.06 Å². The van der Waals surface area contributed by atoms with Crippen LogP contribution in [0.1, 0.15) is 26.2 Å². The normalized spacial score (nSPS) is 9.14. The highest BCUT2D eigenvalue weighted by Gasteiger charge is 2.11. The van der Waals surface area contributed by atoms with Gasteiger partial charge in [0.15, 0.2) is 0 Å². The Morgan fingerprint density at radius 2 is 2.43 bits per heavy atom. The lowest BCUT2D eigenvalue weighted by Gasteiger charge is -2.19. The Bertz CT molecular complexity index is 218. The topological polar surface area (TPSA) is 29.5 Å². The summed E-state index contributed by atoms with van der Waals surface area (Å²) in [6.45, 7) is 6.27. The summed E-state index contributed by atoms with van der Waals surface area (Å²) in [7, 11) is 0. The molecule has 0 aliphatic carbocycles. The second-order valence-electron chi connectivity index (χ2n) is 2.82. The van der Waals surface area contributed by atoms with E-state index in [-0.39, 0.29) is 18.9 Å². The van der Waals surface area contributed by atoms with E-state index in [1.807, 2.05) is 0 Å². The van der Waals surface area contributed by atoms with Crippen LogP contribution in [0.5, 0.6) is 0 Å². The molecule has 78 valence electrons. The maximum atomic E-state index is 11.4. The molecule has 14 heavy (non-hydrogen) atoms. The molecule has 0 fully saturated rings. The summed E-state index contributed by atoms with van der Waals surface area (Å²) in [6.07, 6.45) is 8.81. The lowest BCUT2D eigenvalue weighted by molar-refractivity contribution is -0.180. The number of rotatable bonds is 7. The van der Waals surface area contributed by atoms with Gasteiger partial charge in [0.25, 0.3) is 0 Å². The number of terminal acetylenes is 1. The Kier molecular flexibility index (Phi) is 7.58. The number of carbonyl (C=O) groups excluding carboxylic acids is 1. The molecule has 0 aromatic rings. The first-order chi connectivity index (χ1) is 6.76. The van der Waals surface area contributed by atoms with Gasteiger partial charge in [-0.3, -0.25) is 9.63 Å². The lowest BCUT2D eigenvalue weighted by Crippen LogP contribution is -2.31. The molecule has 0 aromatic heterocycles. The number of carbonyl (C=O) groups is 1. The fourth-order valence-electron chi connectivity index (χ4n) is 0.903. The molecule has 0 radical (unpaired) electrons. The Morgan fingerprint density at radius 3 is 2.93 bits per heavy atom. The standard InChI is InChI=1S/C11H17NO2/c1-4-7-9-12(14-10-6-3)11(13)8-5-2/h3,5H,2,4,7-10H2,1H3. The van der Waals surface area contributed by atoms with Crippen LogP contribution in [-0.2, 0) is 9.63 Å². The second kappa shape index (κ2) is 8.33. The number of hydrogen-bond acceptors (Lipinski definition) is 2. The predicted octanol–water partition coefficient (Wildman–Crippen LogP) is 1.76. The van der Waals surface area contributed by atoms with Crippen LogP contribution in [0.2, 0.25) is 0 Å². The highest BCUT2D eigenvalue weighted by atomic mass is 16.7. The van der Waals surface area contributed by atoms with Crippen LogP contribution in [0.25, 0.3) is 0 Å². The average molecular weight is 195 g/mol. The van der Waals surface area contributed by atoms with Crippen LogP contribution in [-0.4, -0.2) is 24.1 Å². The van der Waals surface area contributed by atoms with Crippen molar-refractivity contribution in [3.05, 3.63) is 12.7 Å². The zero-order chi connectivity index (χ0) is 10.8. The number of amides is 1. The van der Waals surface area contributed by atoms with Crippen molar-refractivity contribution >= 4 is 5.91 Å². The van der Waals surface area contributed by atoms with E-state index < -0.39 is 0 Å². The van der Waals surface area contributed by atoms with Crippen molar-refractivity contribution in [1.29, 1.82) is 0 Å². The number of hydrogen-bond donors (Lipinski definition) is 0. The van der Waals surface area contributed by atoms with E-state index >= 15 is 0 Å². The van der Waals surface area contributed by atoms with Gasteiger partial charge < -0.3 is 0 Å². The summed E-state index contributed by atoms with van der Waals surface area (Å²) in [6, 6.07) is 0. The Balaban J connectivity index is 4.01. The zero-order valence-electron chi connectivity index (χ0n) is 8.66. The molecule has 0 rings (SSSR count). The molecule has 1 amide bonds. The molecule has 0 atom stereocenters. The summed E-state index contributed by atoms with van der Waals surface area (Å²) < 4.78 is 0. The minimum Gasteiger partial charge on any atom is -0.272 e. The van der Waals surface area contributed by atoms with E-state index in [4.69, 9.17) is 11.3 Å². The first-order valence-electron chi connectivity index (χ1n) is 4.73. The van der Waals surface area contributed by atoms with Gasteiger partial charge in [-0.05, 0) is 6.42 Å². The quantitative estimate of drug-likeness (QED) is 0.352. The molecule has 0 saturated heterocycles. The van der Waals surface area contributed by atoms with Crippen LogP contribution >= 0.6 is 0 Å². The third-order valence-electron chi connectivity index (χ3n) is 1.62. The smallest absolute Gasteiger partial charge is 0.249 e. The Hall–Kier alpha value is -1.27. The summed E-state index contributed by atoms with van der Waals surface area (Å²) in [5.74, 6) is 2.24. The fraction of sp³-hybridized carbons (Fsp3) is 0.545. The van der Waals surface area contributed by atoms with Crippen molar-refractivity contribution in [2.24, 2.45) is 0 Å². The SMILES string of the molecule is C#CCON(CCCC)C(=O)CC=C. The van der Waals surface area contributed by atoms with Gasteiger partial charge in [0.05, 0.1) is 0 Å². The largest absolute Gasteiger partial charge is 0.272 e. The summed E-state index contributed by atoms with van der Waals surface area (Å²) in [5.41, 5.74) is 0. The van der Waals surface area contributed by atoms with Gasteiger partial charge >= 0.3 is 0 Å². The average Bonchev–Trinajstić information content (AvgIpc) is 2.18. The molecule has 3 heteroatoms. The predicted molar refractivity (Wildman–Crippen MR) is 56.2 cm³/mol. The molecular weight excluding hydrogens is 178 g/mol. The number of nitrogens with zero attached hydrogens (tertiary/aromatic N) is 1. The van der Waals surface area contributed by atoms with E-state index in [1.54, 1.807) is 6.08 Å². The second-order valence-corrected chi connectivity index (χ2v) is 2.82. The first-order valence-corrected chi connectivity index (χ1v) is 4.73. The van der Waals surface area contributed by atoms with E-state index in [2.05, 4.69) is 19.4 Å². The molecule has 0 saturated carbocycles. The van der Waals surface area contributed by atoms with Gasteiger partial charge in [-0.1, -0.05) is 25.3 Å². The van der Waals surface area contributed by atoms with Crippen LogP contribution in [0.4, 0.5) is 0 Å². The minimum atomic E-state index is -0.0938. The minimum absolute atomic E-state index is 0.0938. The maximum Gasteiger partial charge on any atom is 0.249 e. The van der Waals surface area contributed by atoms with Crippen molar-refractivity contribution in [1.82, 2.24) is 5.06 Å². The van der Waals surface area contributed by atoms with Crippen molar-refractivity contribution in [2.45, 2.75) is 26.2 Å². The van der Waals surface area contributed by atoms with Crippen LogP contribution in [0.15, 0.2) is 12.7 Å². The van der Waals surface area contributed by atoms with Gasteiger partial charge in [0.1, 0.15) is 6.61 Å². The molecule has 0 heterocycles. The molecule has 3 nitrogen and oxygen atoms in total. The highest BCUT2D eigenvalue weighted by molar-refractivity contribution is 5.76. The Morgan fingerprint density at radius 1 is 1.71 bits per heavy atom. The van der Waals surface area contributed by atoms with Gasteiger partial charge in [0, 0.05) is 13.0 Å².